The van der Waals surface area contributed by atoms with E-state index in [1.807, 2.05) is 36.6 Å². The molecule has 0 aliphatic rings. The predicted octanol–water partition coefficient (Wildman–Crippen LogP) is 4.72. The van der Waals surface area contributed by atoms with Crippen LogP contribution in [0.1, 0.15) is 11.4 Å². The van der Waals surface area contributed by atoms with Crippen molar-refractivity contribution in [2.24, 2.45) is 0 Å². The molecule has 0 spiro atoms. The Labute approximate surface area is 185 Å². The van der Waals surface area contributed by atoms with Gasteiger partial charge in [0.2, 0.25) is 5.88 Å². The minimum absolute atomic E-state index is 0.359. The molecule has 0 saturated carbocycles. The monoisotopic (exact) mass is 430 g/mol. The molecule has 2 heterocycles. The average Bonchev–Trinajstić information content (AvgIpc) is 3.14. The summed E-state index contributed by atoms with van der Waals surface area (Å²) in [6.45, 7) is 3.91. The summed E-state index contributed by atoms with van der Waals surface area (Å²) in [6, 6.07) is 17.3. The molecule has 0 unspecified atom stereocenters. The van der Waals surface area contributed by atoms with Gasteiger partial charge in [-0.05, 0) is 56.3 Å². The number of aryl methyl sites for hydroxylation is 1. The minimum Gasteiger partial charge on any atom is -0.495 e. The lowest BCUT2D eigenvalue weighted by molar-refractivity contribution is 0.262. The van der Waals surface area contributed by atoms with Gasteiger partial charge < -0.3 is 20.1 Å². The van der Waals surface area contributed by atoms with E-state index in [1.54, 1.807) is 55.9 Å². The minimum atomic E-state index is -0.380. The zero-order chi connectivity index (χ0) is 22.5. The van der Waals surface area contributed by atoms with E-state index in [2.05, 4.69) is 25.8 Å². The van der Waals surface area contributed by atoms with Crippen LogP contribution in [-0.2, 0) is 0 Å². The van der Waals surface area contributed by atoms with Gasteiger partial charge in [-0.2, -0.15) is 0 Å². The third-order valence-electron chi connectivity index (χ3n) is 4.81. The van der Waals surface area contributed by atoms with Crippen LogP contribution in [0.5, 0.6) is 17.4 Å². The van der Waals surface area contributed by atoms with Crippen LogP contribution in [0.2, 0.25) is 0 Å². The van der Waals surface area contributed by atoms with Crippen LogP contribution >= 0.6 is 0 Å². The summed E-state index contributed by atoms with van der Waals surface area (Å²) in [4.78, 5) is 16.5. The molecule has 0 radical (unpaired) electrons. The van der Waals surface area contributed by atoms with E-state index in [9.17, 15) is 4.79 Å². The fraction of sp³-hybridized carbons (Fsp3) is 0.130. The highest BCUT2D eigenvalue weighted by Crippen LogP contribution is 2.24. The number of urea groups is 1. The number of anilines is 2. The van der Waals surface area contributed by atoms with Crippen molar-refractivity contribution in [3.05, 3.63) is 78.4 Å². The Morgan fingerprint density at radius 1 is 0.938 bits per heavy atom. The fourth-order valence-electron chi connectivity index (χ4n) is 2.99. The first-order chi connectivity index (χ1) is 15.5. The summed E-state index contributed by atoms with van der Waals surface area (Å²) >= 11 is 0. The van der Waals surface area contributed by atoms with E-state index >= 15 is 0 Å². The first-order valence-corrected chi connectivity index (χ1v) is 9.87. The number of methoxy groups -OCH3 is 1. The number of nitrogens with zero attached hydrogens (tertiary/aromatic N) is 4. The molecule has 0 saturated heterocycles. The number of rotatable bonds is 6. The molecule has 2 aromatic carbocycles. The summed E-state index contributed by atoms with van der Waals surface area (Å²) < 4.78 is 12.8. The standard InChI is InChI=1S/C23H22N6O3/c1-15-16(2)29(14-24-15)21-12-13-22(28-27-21)32-18-10-8-17(9-11-18)25-23(30)26-19-6-4-5-7-20(19)31-3/h4-14H,1-3H3,(H2,25,26,30). The maximum atomic E-state index is 12.3. The lowest BCUT2D eigenvalue weighted by atomic mass is 10.3. The van der Waals surface area contributed by atoms with E-state index in [4.69, 9.17) is 9.47 Å². The number of carbonyl (C=O) groups is 1. The Kier molecular flexibility index (Phi) is 5.98. The lowest BCUT2D eigenvalue weighted by Crippen LogP contribution is -2.19. The second-order valence-corrected chi connectivity index (χ2v) is 6.92. The Hall–Kier alpha value is -4.40. The second kappa shape index (κ2) is 9.17. The van der Waals surface area contributed by atoms with Crippen molar-refractivity contribution in [3.8, 4) is 23.2 Å². The van der Waals surface area contributed by atoms with Crippen LogP contribution < -0.4 is 20.1 Å². The van der Waals surface area contributed by atoms with Crippen molar-refractivity contribution in [2.45, 2.75) is 13.8 Å². The van der Waals surface area contributed by atoms with Crippen molar-refractivity contribution in [1.82, 2.24) is 19.7 Å². The van der Waals surface area contributed by atoms with Crippen LogP contribution in [0.25, 0.3) is 5.82 Å². The maximum absolute atomic E-state index is 12.3. The Morgan fingerprint density at radius 2 is 1.72 bits per heavy atom. The third-order valence-corrected chi connectivity index (χ3v) is 4.81. The Bertz CT molecular complexity index is 1220. The van der Waals surface area contributed by atoms with Crippen LogP contribution in [-0.4, -0.2) is 32.9 Å². The largest absolute Gasteiger partial charge is 0.495 e. The molecule has 32 heavy (non-hydrogen) atoms. The van der Waals surface area contributed by atoms with Gasteiger partial charge in [-0.1, -0.05) is 12.1 Å². The number of hydrogen-bond acceptors (Lipinski definition) is 6. The summed E-state index contributed by atoms with van der Waals surface area (Å²) in [7, 11) is 1.55. The molecule has 0 fully saturated rings. The van der Waals surface area contributed by atoms with E-state index in [1.165, 1.54) is 0 Å². The van der Waals surface area contributed by atoms with E-state index < -0.39 is 0 Å². The molecule has 2 amide bonds. The Morgan fingerprint density at radius 3 is 2.38 bits per heavy atom. The molecular formula is C23H22N6O3. The number of benzene rings is 2. The summed E-state index contributed by atoms with van der Waals surface area (Å²) in [6.07, 6.45) is 1.71. The van der Waals surface area contributed by atoms with Gasteiger partial charge in [0.1, 0.15) is 17.8 Å². The van der Waals surface area contributed by atoms with Crippen molar-refractivity contribution < 1.29 is 14.3 Å². The molecule has 9 nitrogen and oxygen atoms in total. The van der Waals surface area contributed by atoms with Crippen LogP contribution in [0, 0.1) is 13.8 Å². The maximum Gasteiger partial charge on any atom is 0.323 e. The van der Waals surface area contributed by atoms with E-state index in [0.29, 0.717) is 34.6 Å². The fourth-order valence-corrected chi connectivity index (χ4v) is 2.99. The Balaban J connectivity index is 1.36. The van der Waals surface area contributed by atoms with Gasteiger partial charge >= 0.3 is 6.03 Å². The van der Waals surface area contributed by atoms with Gasteiger partial charge in [0.05, 0.1) is 18.5 Å². The van der Waals surface area contributed by atoms with Gasteiger partial charge in [0.25, 0.3) is 0 Å². The molecule has 0 atom stereocenters. The quantitative estimate of drug-likeness (QED) is 0.459. The van der Waals surface area contributed by atoms with Crippen molar-refractivity contribution >= 4 is 17.4 Å². The SMILES string of the molecule is COc1ccccc1NC(=O)Nc1ccc(Oc2ccc(-n3cnc(C)c3C)nn2)cc1. The molecule has 0 aliphatic heterocycles. The summed E-state index contributed by atoms with van der Waals surface area (Å²) in [5, 5.41) is 13.9. The molecular weight excluding hydrogens is 408 g/mol. The van der Waals surface area contributed by atoms with Crippen molar-refractivity contribution in [3.63, 3.8) is 0 Å². The number of nitrogens with one attached hydrogen (secondary N) is 2. The molecule has 0 aliphatic carbocycles. The number of ether oxygens (including phenoxy) is 2. The molecule has 4 aromatic rings. The third kappa shape index (κ3) is 4.67. The molecule has 162 valence electrons. The first kappa shape index (κ1) is 20.9. The molecule has 0 bridgehead atoms. The first-order valence-electron chi connectivity index (χ1n) is 9.87. The number of aromatic nitrogens is 4. The number of para-hydroxylation sites is 2. The number of hydrogen-bond donors (Lipinski definition) is 2. The highest BCUT2D eigenvalue weighted by atomic mass is 16.5. The number of carbonyl (C=O) groups excluding carboxylic acids is 1. The van der Waals surface area contributed by atoms with Crippen molar-refractivity contribution in [2.75, 3.05) is 17.7 Å². The highest BCUT2D eigenvalue weighted by Gasteiger charge is 2.09. The van der Waals surface area contributed by atoms with E-state index in [0.717, 1.165) is 11.4 Å². The predicted molar refractivity (Wildman–Crippen MR) is 121 cm³/mol. The normalized spacial score (nSPS) is 10.5. The molecule has 2 N–H and O–H groups in total. The molecule has 9 heteroatoms. The zero-order valence-electron chi connectivity index (χ0n) is 17.9. The van der Waals surface area contributed by atoms with Crippen LogP contribution in [0.15, 0.2) is 67.0 Å². The zero-order valence-corrected chi connectivity index (χ0v) is 17.9. The van der Waals surface area contributed by atoms with Crippen LogP contribution in [0.4, 0.5) is 16.2 Å². The van der Waals surface area contributed by atoms with Gasteiger partial charge in [-0.25, -0.2) is 9.78 Å². The van der Waals surface area contributed by atoms with Crippen LogP contribution in [0.3, 0.4) is 0 Å². The van der Waals surface area contributed by atoms with Gasteiger partial charge in [-0.15, -0.1) is 10.2 Å². The lowest BCUT2D eigenvalue weighted by Gasteiger charge is -2.11. The highest BCUT2D eigenvalue weighted by molar-refractivity contribution is 6.00. The molecule has 2 aromatic heterocycles. The average molecular weight is 430 g/mol. The number of amides is 2. The van der Waals surface area contributed by atoms with Gasteiger partial charge in [0.15, 0.2) is 5.82 Å². The topological polar surface area (TPSA) is 103 Å². The van der Waals surface area contributed by atoms with E-state index in [-0.39, 0.29) is 6.03 Å². The van der Waals surface area contributed by atoms with Gasteiger partial charge in [0, 0.05) is 17.4 Å². The van der Waals surface area contributed by atoms with Gasteiger partial charge in [-0.3, -0.25) is 4.57 Å². The number of imidazole rings is 1. The smallest absolute Gasteiger partial charge is 0.323 e. The molecule has 4 rings (SSSR count). The summed E-state index contributed by atoms with van der Waals surface area (Å²) in [5.74, 6) is 2.17. The van der Waals surface area contributed by atoms with Crippen molar-refractivity contribution in [1.29, 1.82) is 0 Å². The second-order valence-electron chi connectivity index (χ2n) is 6.92. The summed E-state index contributed by atoms with van der Waals surface area (Å²) in [5.41, 5.74) is 3.14.